The highest BCUT2D eigenvalue weighted by Gasteiger charge is 2.35. The average Bonchev–Trinajstić information content (AvgIpc) is 2.90. The molecule has 0 spiro atoms. The van der Waals surface area contributed by atoms with Crippen LogP contribution in [0.15, 0.2) is 42.4 Å². The topological polar surface area (TPSA) is 103 Å². The molecule has 0 aliphatic carbocycles. The number of anilines is 2. The van der Waals surface area contributed by atoms with Gasteiger partial charge in [-0.05, 0) is 30.8 Å². The number of fused-ring (bicyclic) bond motifs is 1. The van der Waals surface area contributed by atoms with E-state index >= 15 is 0 Å². The predicted octanol–water partition coefficient (Wildman–Crippen LogP) is 0.814. The molecule has 0 saturated carbocycles. The number of aromatic nitrogens is 2. The summed E-state index contributed by atoms with van der Waals surface area (Å²) in [5.74, 6) is 2.07. The molecule has 3 rings (SSSR count). The normalized spacial score (nSPS) is 20.0. The Morgan fingerprint density at radius 1 is 1.32 bits per heavy atom. The molecule has 1 aliphatic rings. The molecule has 1 atom stereocenters. The summed E-state index contributed by atoms with van der Waals surface area (Å²) in [7, 11) is 3.53. The summed E-state index contributed by atoms with van der Waals surface area (Å²) in [5, 5.41) is 10.8. The smallest absolute Gasteiger partial charge is 0.155 e. The van der Waals surface area contributed by atoms with Crippen LogP contribution in [-0.4, -0.2) is 23.9 Å². The molecule has 0 fully saturated rings. The second-order valence-electron chi connectivity index (χ2n) is 5.28. The van der Waals surface area contributed by atoms with E-state index in [0.29, 0.717) is 23.7 Å². The summed E-state index contributed by atoms with van der Waals surface area (Å²) >= 11 is 0. The number of hydrogen-bond acceptors (Lipinski definition) is 6. The van der Waals surface area contributed by atoms with Gasteiger partial charge in [-0.25, -0.2) is 4.68 Å². The number of nitrogens with two attached hydrogens (primary N) is 2. The zero-order valence-electron chi connectivity index (χ0n) is 12.6. The van der Waals surface area contributed by atoms with Gasteiger partial charge in [-0.3, -0.25) is 5.32 Å². The molecule has 116 valence electrons. The van der Waals surface area contributed by atoms with E-state index in [1.165, 1.54) is 0 Å². The molecule has 0 saturated heterocycles. The Kier molecular flexibility index (Phi) is 3.42. The number of benzene rings is 1. The Labute approximate surface area is 128 Å². The van der Waals surface area contributed by atoms with Gasteiger partial charge in [-0.1, -0.05) is 12.1 Å². The Balaban J connectivity index is 2.01. The van der Waals surface area contributed by atoms with Crippen molar-refractivity contribution < 1.29 is 4.74 Å². The standard InChI is InChI=1S/C15H20N6O/c1-18-15(7-10-3-5-11(22-2)6-4-10)8-13(17)20-14-12(16)9-19-21(14)15/h3-6,8-9,18,20H,7,16-17H2,1-2H3. The second kappa shape index (κ2) is 5.27. The van der Waals surface area contributed by atoms with Crippen LogP contribution in [0.1, 0.15) is 5.56 Å². The fourth-order valence-electron chi connectivity index (χ4n) is 2.73. The Bertz CT molecular complexity index is 705. The van der Waals surface area contributed by atoms with Crippen LogP contribution in [0.25, 0.3) is 0 Å². The van der Waals surface area contributed by atoms with Crippen molar-refractivity contribution in [3.05, 3.63) is 47.9 Å². The van der Waals surface area contributed by atoms with Crippen molar-refractivity contribution in [1.82, 2.24) is 15.1 Å². The molecular weight excluding hydrogens is 280 g/mol. The lowest BCUT2D eigenvalue weighted by atomic mass is 9.98. The number of methoxy groups -OCH3 is 1. The minimum absolute atomic E-state index is 0.544. The Morgan fingerprint density at radius 2 is 2.05 bits per heavy atom. The number of nitrogens with zero attached hydrogens (tertiary/aromatic N) is 2. The van der Waals surface area contributed by atoms with Gasteiger partial charge < -0.3 is 21.5 Å². The molecule has 2 aromatic rings. The maximum absolute atomic E-state index is 6.02. The number of hydrogen-bond donors (Lipinski definition) is 4. The quantitative estimate of drug-likeness (QED) is 0.666. The van der Waals surface area contributed by atoms with Crippen LogP contribution >= 0.6 is 0 Å². The predicted molar refractivity (Wildman–Crippen MR) is 86.3 cm³/mol. The third-order valence-corrected chi connectivity index (χ3v) is 3.90. The number of rotatable bonds is 4. The number of nitrogens with one attached hydrogen (secondary N) is 2. The Morgan fingerprint density at radius 3 is 2.68 bits per heavy atom. The van der Waals surface area contributed by atoms with Gasteiger partial charge in [0.05, 0.1) is 19.0 Å². The minimum Gasteiger partial charge on any atom is -0.497 e. The highest BCUT2D eigenvalue weighted by atomic mass is 16.5. The van der Waals surface area contributed by atoms with Crippen molar-refractivity contribution in [2.75, 3.05) is 25.2 Å². The minimum atomic E-state index is -0.573. The maximum atomic E-state index is 6.02. The van der Waals surface area contributed by atoms with E-state index < -0.39 is 5.66 Å². The molecule has 1 unspecified atom stereocenters. The molecule has 0 bridgehead atoms. The van der Waals surface area contributed by atoms with E-state index in [1.807, 2.05) is 42.1 Å². The van der Waals surface area contributed by atoms with E-state index in [4.69, 9.17) is 16.2 Å². The van der Waals surface area contributed by atoms with Crippen molar-refractivity contribution in [2.24, 2.45) is 5.73 Å². The van der Waals surface area contributed by atoms with E-state index in [1.54, 1.807) is 13.3 Å². The van der Waals surface area contributed by atoms with Crippen LogP contribution in [0.4, 0.5) is 11.5 Å². The molecule has 0 amide bonds. The van der Waals surface area contributed by atoms with E-state index in [0.717, 1.165) is 11.3 Å². The van der Waals surface area contributed by atoms with Crippen LogP contribution in [0.2, 0.25) is 0 Å². The summed E-state index contributed by atoms with van der Waals surface area (Å²) in [6, 6.07) is 7.92. The summed E-state index contributed by atoms with van der Waals surface area (Å²) < 4.78 is 7.02. The van der Waals surface area contributed by atoms with Gasteiger partial charge in [0.1, 0.15) is 17.2 Å². The molecule has 7 nitrogen and oxygen atoms in total. The molecule has 2 heterocycles. The molecule has 1 aromatic heterocycles. The summed E-state index contributed by atoms with van der Waals surface area (Å²) in [4.78, 5) is 0. The van der Waals surface area contributed by atoms with Crippen molar-refractivity contribution in [3.8, 4) is 5.75 Å². The number of nitrogen functional groups attached to an aromatic ring is 1. The summed E-state index contributed by atoms with van der Waals surface area (Å²) in [5.41, 5.74) is 13.1. The molecule has 6 N–H and O–H groups in total. The largest absolute Gasteiger partial charge is 0.497 e. The van der Waals surface area contributed by atoms with E-state index in [9.17, 15) is 0 Å². The number of ether oxygens (including phenoxy) is 1. The molecule has 7 heteroatoms. The lowest BCUT2D eigenvalue weighted by Crippen LogP contribution is -2.50. The third kappa shape index (κ3) is 2.25. The molecule has 0 radical (unpaired) electrons. The zero-order chi connectivity index (χ0) is 15.7. The lowest BCUT2D eigenvalue weighted by molar-refractivity contribution is 0.276. The number of likely N-dealkylation sites (N-methyl/N-ethyl adjacent to an activating group) is 1. The van der Waals surface area contributed by atoms with Crippen LogP contribution < -0.4 is 26.8 Å². The van der Waals surface area contributed by atoms with Crippen LogP contribution in [0.5, 0.6) is 5.75 Å². The lowest BCUT2D eigenvalue weighted by Gasteiger charge is -2.36. The Hall–Kier alpha value is -2.67. The first-order valence-electron chi connectivity index (χ1n) is 6.99. The van der Waals surface area contributed by atoms with Gasteiger partial charge in [0.15, 0.2) is 5.82 Å². The van der Waals surface area contributed by atoms with E-state index in [-0.39, 0.29) is 0 Å². The monoisotopic (exact) mass is 300 g/mol. The van der Waals surface area contributed by atoms with Gasteiger partial charge in [0.2, 0.25) is 0 Å². The highest BCUT2D eigenvalue weighted by Crippen LogP contribution is 2.33. The van der Waals surface area contributed by atoms with Crippen molar-refractivity contribution in [1.29, 1.82) is 0 Å². The summed E-state index contributed by atoms with van der Waals surface area (Å²) in [6.07, 6.45) is 4.20. The van der Waals surface area contributed by atoms with Gasteiger partial charge >= 0.3 is 0 Å². The highest BCUT2D eigenvalue weighted by molar-refractivity contribution is 5.65. The van der Waals surface area contributed by atoms with Gasteiger partial charge in [0.25, 0.3) is 0 Å². The summed E-state index contributed by atoms with van der Waals surface area (Å²) in [6.45, 7) is 0. The fourth-order valence-corrected chi connectivity index (χ4v) is 2.73. The van der Waals surface area contributed by atoms with Crippen LogP contribution in [-0.2, 0) is 12.1 Å². The fraction of sp³-hybridized carbons (Fsp3) is 0.267. The van der Waals surface area contributed by atoms with Crippen molar-refractivity contribution in [2.45, 2.75) is 12.1 Å². The van der Waals surface area contributed by atoms with Gasteiger partial charge in [-0.15, -0.1) is 0 Å². The maximum Gasteiger partial charge on any atom is 0.155 e. The van der Waals surface area contributed by atoms with Crippen molar-refractivity contribution in [3.63, 3.8) is 0 Å². The first-order chi connectivity index (χ1) is 10.6. The first-order valence-corrected chi connectivity index (χ1v) is 6.99. The molecular formula is C15H20N6O. The zero-order valence-corrected chi connectivity index (χ0v) is 12.6. The second-order valence-corrected chi connectivity index (χ2v) is 5.28. The average molecular weight is 300 g/mol. The molecule has 1 aromatic carbocycles. The van der Waals surface area contributed by atoms with Crippen molar-refractivity contribution >= 4 is 11.5 Å². The molecule has 1 aliphatic heterocycles. The van der Waals surface area contributed by atoms with Crippen LogP contribution in [0.3, 0.4) is 0 Å². The first kappa shape index (κ1) is 14.3. The van der Waals surface area contributed by atoms with Gasteiger partial charge in [-0.2, -0.15) is 5.10 Å². The SMILES string of the molecule is CNC1(Cc2ccc(OC)cc2)C=C(N)Nc2c(N)cnn21. The molecule has 22 heavy (non-hydrogen) atoms. The van der Waals surface area contributed by atoms with Crippen LogP contribution in [0, 0.1) is 0 Å². The third-order valence-electron chi connectivity index (χ3n) is 3.90. The van der Waals surface area contributed by atoms with Gasteiger partial charge in [0, 0.05) is 6.42 Å². The van der Waals surface area contributed by atoms with E-state index in [2.05, 4.69) is 15.7 Å².